The maximum Gasteiger partial charge on any atom is 0.230 e. The number of thioether (sulfide) groups is 1. The number of aromatic nitrogens is 3. The molecule has 0 atom stereocenters. The van der Waals surface area contributed by atoms with Gasteiger partial charge in [0.15, 0.2) is 16.7 Å². The van der Waals surface area contributed by atoms with E-state index in [0.29, 0.717) is 47.4 Å². The molecule has 1 aromatic heterocycles. The van der Waals surface area contributed by atoms with Crippen molar-refractivity contribution in [1.29, 1.82) is 0 Å². The van der Waals surface area contributed by atoms with Crippen LogP contribution in [0.4, 0.5) is 0 Å². The van der Waals surface area contributed by atoms with E-state index in [1.165, 1.54) is 17.3 Å². The predicted octanol–water partition coefficient (Wildman–Crippen LogP) is 4.61. The van der Waals surface area contributed by atoms with Crippen LogP contribution in [0.15, 0.2) is 47.9 Å². The standard InChI is InChI=1S/C23H25ClN4O3S/c1-15(2)17-4-6-18(7-5-17)28-14-26-27-23(28)32-13-21(29)25-12-16-10-19(24)22-20(11-16)30-8-3-9-31-22/h4-7,10-11,14-15H,3,8-9,12-13H2,1-2H3,(H,25,29). The lowest BCUT2D eigenvalue weighted by Gasteiger charge is -2.12. The van der Waals surface area contributed by atoms with E-state index in [1.807, 2.05) is 22.8 Å². The monoisotopic (exact) mass is 472 g/mol. The van der Waals surface area contributed by atoms with Crippen molar-refractivity contribution in [2.24, 2.45) is 0 Å². The first-order valence-electron chi connectivity index (χ1n) is 10.5. The van der Waals surface area contributed by atoms with Crippen LogP contribution in [-0.2, 0) is 11.3 Å². The second kappa shape index (κ2) is 10.3. The molecule has 0 aliphatic carbocycles. The van der Waals surface area contributed by atoms with Gasteiger partial charge in [-0.05, 0) is 41.3 Å². The molecule has 2 heterocycles. The number of nitrogens with zero attached hydrogens (tertiary/aromatic N) is 3. The highest BCUT2D eigenvalue weighted by Gasteiger charge is 2.16. The number of carbonyl (C=O) groups excluding carboxylic acids is 1. The molecule has 4 rings (SSSR count). The molecule has 9 heteroatoms. The number of carbonyl (C=O) groups is 1. The molecule has 0 fully saturated rings. The Bertz CT molecular complexity index is 1090. The molecule has 0 saturated heterocycles. The lowest BCUT2D eigenvalue weighted by atomic mass is 10.0. The van der Waals surface area contributed by atoms with E-state index < -0.39 is 0 Å². The van der Waals surface area contributed by atoms with Gasteiger partial charge in [0.2, 0.25) is 5.91 Å². The van der Waals surface area contributed by atoms with E-state index in [9.17, 15) is 4.79 Å². The summed E-state index contributed by atoms with van der Waals surface area (Å²) in [6, 6.07) is 11.9. The molecule has 1 aliphatic heterocycles. The van der Waals surface area contributed by atoms with Gasteiger partial charge in [0.1, 0.15) is 6.33 Å². The number of rotatable bonds is 7. The van der Waals surface area contributed by atoms with Crippen LogP contribution in [-0.4, -0.2) is 39.6 Å². The maximum atomic E-state index is 12.4. The van der Waals surface area contributed by atoms with Gasteiger partial charge in [-0.3, -0.25) is 9.36 Å². The zero-order chi connectivity index (χ0) is 22.5. The number of amides is 1. The number of hydrogen-bond donors (Lipinski definition) is 1. The maximum absolute atomic E-state index is 12.4. The number of halogens is 1. The van der Waals surface area contributed by atoms with Gasteiger partial charge >= 0.3 is 0 Å². The first kappa shape index (κ1) is 22.5. The van der Waals surface area contributed by atoms with Crippen LogP contribution in [0.25, 0.3) is 5.69 Å². The molecule has 2 aromatic carbocycles. The molecule has 1 N–H and O–H groups in total. The minimum atomic E-state index is -0.108. The minimum Gasteiger partial charge on any atom is -0.489 e. The van der Waals surface area contributed by atoms with Crippen LogP contribution in [0, 0.1) is 0 Å². The van der Waals surface area contributed by atoms with E-state index in [-0.39, 0.29) is 11.7 Å². The average Bonchev–Trinajstić information content (AvgIpc) is 3.13. The summed E-state index contributed by atoms with van der Waals surface area (Å²) in [6.45, 7) is 5.82. The van der Waals surface area contributed by atoms with Gasteiger partial charge in [0.25, 0.3) is 0 Å². The second-order valence-corrected chi connectivity index (χ2v) is 9.10. The quantitative estimate of drug-likeness (QED) is 0.506. The Balaban J connectivity index is 1.34. The van der Waals surface area contributed by atoms with Crippen LogP contribution < -0.4 is 14.8 Å². The van der Waals surface area contributed by atoms with Crippen molar-refractivity contribution in [3.05, 3.63) is 58.9 Å². The highest BCUT2D eigenvalue weighted by atomic mass is 35.5. The molecular weight excluding hydrogens is 448 g/mol. The second-order valence-electron chi connectivity index (χ2n) is 7.75. The van der Waals surface area contributed by atoms with Crippen LogP contribution in [0.1, 0.15) is 37.3 Å². The normalized spacial score (nSPS) is 13.1. The van der Waals surface area contributed by atoms with Crippen LogP contribution in [0.3, 0.4) is 0 Å². The van der Waals surface area contributed by atoms with Gasteiger partial charge in [-0.2, -0.15) is 0 Å². The molecule has 0 saturated carbocycles. The number of hydrogen-bond acceptors (Lipinski definition) is 6. The van der Waals surface area contributed by atoms with E-state index in [4.69, 9.17) is 21.1 Å². The molecule has 3 aromatic rings. The van der Waals surface area contributed by atoms with Crippen molar-refractivity contribution in [1.82, 2.24) is 20.1 Å². The lowest BCUT2D eigenvalue weighted by molar-refractivity contribution is -0.118. The molecule has 1 amide bonds. The predicted molar refractivity (Wildman–Crippen MR) is 125 cm³/mol. The fourth-order valence-corrected chi connectivity index (χ4v) is 4.33. The van der Waals surface area contributed by atoms with Crippen molar-refractivity contribution in [2.45, 2.75) is 37.9 Å². The van der Waals surface area contributed by atoms with Gasteiger partial charge in [-0.15, -0.1) is 10.2 Å². The first-order chi connectivity index (χ1) is 15.5. The fourth-order valence-electron chi connectivity index (χ4n) is 3.29. The largest absolute Gasteiger partial charge is 0.489 e. The highest BCUT2D eigenvalue weighted by molar-refractivity contribution is 7.99. The zero-order valence-electron chi connectivity index (χ0n) is 18.0. The molecule has 32 heavy (non-hydrogen) atoms. The van der Waals surface area contributed by atoms with Gasteiger partial charge in [0, 0.05) is 18.7 Å². The minimum absolute atomic E-state index is 0.108. The van der Waals surface area contributed by atoms with Gasteiger partial charge in [-0.1, -0.05) is 49.3 Å². The molecular formula is C23H25ClN4O3S. The van der Waals surface area contributed by atoms with Crippen LogP contribution >= 0.6 is 23.4 Å². The van der Waals surface area contributed by atoms with Gasteiger partial charge in [-0.25, -0.2) is 0 Å². The van der Waals surface area contributed by atoms with Crippen molar-refractivity contribution >= 4 is 29.3 Å². The van der Waals surface area contributed by atoms with Crippen molar-refractivity contribution in [3.63, 3.8) is 0 Å². The topological polar surface area (TPSA) is 78.3 Å². The third-order valence-corrected chi connectivity index (χ3v) is 6.26. The molecule has 7 nitrogen and oxygen atoms in total. The summed E-state index contributed by atoms with van der Waals surface area (Å²) in [7, 11) is 0. The highest BCUT2D eigenvalue weighted by Crippen LogP contribution is 2.38. The van der Waals surface area contributed by atoms with Gasteiger partial charge < -0.3 is 14.8 Å². The average molecular weight is 473 g/mol. The summed E-state index contributed by atoms with van der Waals surface area (Å²) < 4.78 is 13.2. The van der Waals surface area contributed by atoms with E-state index in [0.717, 1.165) is 17.7 Å². The molecule has 0 spiro atoms. The summed E-state index contributed by atoms with van der Waals surface area (Å²) >= 11 is 7.66. The number of ether oxygens (including phenoxy) is 2. The third-order valence-electron chi connectivity index (χ3n) is 5.04. The Labute approximate surface area is 196 Å². The molecule has 0 radical (unpaired) electrons. The molecule has 168 valence electrons. The number of fused-ring (bicyclic) bond motifs is 1. The lowest BCUT2D eigenvalue weighted by Crippen LogP contribution is -2.24. The summed E-state index contributed by atoms with van der Waals surface area (Å²) in [5.41, 5.74) is 3.08. The summed E-state index contributed by atoms with van der Waals surface area (Å²) in [5, 5.41) is 12.2. The molecule has 0 unspecified atom stereocenters. The van der Waals surface area contributed by atoms with E-state index >= 15 is 0 Å². The van der Waals surface area contributed by atoms with Crippen molar-refractivity contribution < 1.29 is 14.3 Å². The first-order valence-corrected chi connectivity index (χ1v) is 11.9. The SMILES string of the molecule is CC(C)c1ccc(-n2cnnc2SCC(=O)NCc2cc(Cl)c3c(c2)OCCCO3)cc1. The van der Waals surface area contributed by atoms with Crippen LogP contribution in [0.5, 0.6) is 11.5 Å². The Morgan fingerprint density at radius 1 is 1.22 bits per heavy atom. The molecule has 1 aliphatic rings. The van der Waals surface area contributed by atoms with E-state index in [1.54, 1.807) is 12.4 Å². The van der Waals surface area contributed by atoms with Gasteiger partial charge in [0.05, 0.1) is 24.0 Å². The summed E-state index contributed by atoms with van der Waals surface area (Å²) in [5.74, 6) is 1.76. The summed E-state index contributed by atoms with van der Waals surface area (Å²) in [6.07, 6.45) is 2.46. The van der Waals surface area contributed by atoms with E-state index in [2.05, 4.69) is 41.5 Å². The Kier molecular flexibility index (Phi) is 7.22. The fraction of sp³-hybridized carbons (Fsp3) is 0.348. The number of nitrogens with one attached hydrogen (secondary N) is 1. The van der Waals surface area contributed by atoms with Crippen LogP contribution in [0.2, 0.25) is 5.02 Å². The van der Waals surface area contributed by atoms with Crippen molar-refractivity contribution in [2.75, 3.05) is 19.0 Å². The smallest absolute Gasteiger partial charge is 0.230 e. The third kappa shape index (κ3) is 5.37. The Morgan fingerprint density at radius 3 is 2.78 bits per heavy atom. The van der Waals surface area contributed by atoms with Crippen molar-refractivity contribution in [3.8, 4) is 17.2 Å². The number of benzene rings is 2. The summed E-state index contributed by atoms with van der Waals surface area (Å²) in [4.78, 5) is 12.4. The molecule has 0 bridgehead atoms. The Morgan fingerprint density at radius 2 is 2.00 bits per heavy atom. The Hall–Kier alpha value is -2.71. The zero-order valence-corrected chi connectivity index (χ0v) is 19.6.